The topological polar surface area (TPSA) is 103 Å². The first-order chi connectivity index (χ1) is 12.4. The monoisotopic (exact) mass is 359 g/mol. The van der Waals surface area contributed by atoms with Gasteiger partial charge in [0.15, 0.2) is 11.2 Å². The maximum Gasteiger partial charge on any atom is 0.332 e. The number of ether oxygens (including phenoxy) is 1. The van der Waals surface area contributed by atoms with E-state index in [2.05, 4.69) is 10.3 Å². The molecular weight excluding hydrogens is 338 g/mol. The maximum atomic E-state index is 12.4. The molecule has 1 atom stereocenters. The Labute approximate surface area is 149 Å². The van der Waals surface area contributed by atoms with Gasteiger partial charge >= 0.3 is 5.69 Å². The third-order valence-corrected chi connectivity index (χ3v) is 4.24. The molecule has 0 aliphatic heterocycles. The van der Waals surface area contributed by atoms with Gasteiger partial charge in [0.25, 0.3) is 5.56 Å². The summed E-state index contributed by atoms with van der Waals surface area (Å²) < 4.78 is 9.07. The number of benzene rings is 1. The van der Waals surface area contributed by atoms with Gasteiger partial charge in [-0.05, 0) is 12.1 Å². The van der Waals surface area contributed by atoms with Gasteiger partial charge in [-0.25, -0.2) is 9.78 Å². The van der Waals surface area contributed by atoms with Gasteiger partial charge in [-0.1, -0.05) is 6.07 Å². The van der Waals surface area contributed by atoms with E-state index in [0.717, 1.165) is 16.0 Å². The van der Waals surface area contributed by atoms with E-state index in [-0.39, 0.29) is 18.6 Å². The Kier molecular flexibility index (Phi) is 4.81. The van der Waals surface area contributed by atoms with Crippen LogP contribution in [0.25, 0.3) is 11.2 Å². The summed E-state index contributed by atoms with van der Waals surface area (Å²) in [6.07, 6.45) is 0.695. The fourth-order valence-corrected chi connectivity index (χ4v) is 2.80. The average Bonchev–Trinajstić information content (AvgIpc) is 3.06. The van der Waals surface area contributed by atoms with Crippen molar-refractivity contribution in [3.63, 3.8) is 0 Å². The highest BCUT2D eigenvalue weighted by Crippen LogP contribution is 2.16. The number of anilines is 1. The molecule has 9 heteroatoms. The summed E-state index contributed by atoms with van der Waals surface area (Å²) in [6.45, 7) is 0.444. The van der Waals surface area contributed by atoms with Gasteiger partial charge in [-0.2, -0.15) is 0 Å². The van der Waals surface area contributed by atoms with Gasteiger partial charge in [-0.15, -0.1) is 0 Å². The van der Waals surface area contributed by atoms with Crippen LogP contribution in [0.2, 0.25) is 0 Å². The lowest BCUT2D eigenvalue weighted by atomic mass is 10.2. The van der Waals surface area contributed by atoms with E-state index in [1.807, 2.05) is 24.3 Å². The summed E-state index contributed by atoms with van der Waals surface area (Å²) in [7, 11) is 4.57. The molecule has 138 valence electrons. The van der Waals surface area contributed by atoms with Gasteiger partial charge < -0.3 is 19.7 Å². The predicted octanol–water partition coefficient (Wildman–Crippen LogP) is -0.0847. The molecule has 3 rings (SSSR count). The van der Waals surface area contributed by atoms with Gasteiger partial charge in [0.2, 0.25) is 0 Å². The predicted molar refractivity (Wildman–Crippen MR) is 97.7 cm³/mol. The SMILES string of the molecule is COc1cccc(NCC(O)Cn2cnc3c2c(=O)n(C)c(=O)n3C)c1. The molecule has 0 aliphatic rings. The smallest absolute Gasteiger partial charge is 0.332 e. The highest BCUT2D eigenvalue weighted by Gasteiger charge is 2.16. The highest BCUT2D eigenvalue weighted by atomic mass is 16.5. The van der Waals surface area contributed by atoms with E-state index < -0.39 is 17.4 Å². The molecule has 0 spiro atoms. The van der Waals surface area contributed by atoms with Crippen LogP contribution in [0, 0.1) is 0 Å². The van der Waals surface area contributed by atoms with Crippen molar-refractivity contribution in [2.24, 2.45) is 14.1 Å². The summed E-state index contributed by atoms with van der Waals surface area (Å²) in [5, 5.41) is 13.5. The van der Waals surface area contributed by atoms with Crippen molar-refractivity contribution in [1.29, 1.82) is 0 Å². The number of nitrogens with zero attached hydrogens (tertiary/aromatic N) is 4. The fourth-order valence-electron chi connectivity index (χ4n) is 2.80. The van der Waals surface area contributed by atoms with Crippen molar-refractivity contribution in [2.75, 3.05) is 19.0 Å². The van der Waals surface area contributed by atoms with Crippen LogP contribution >= 0.6 is 0 Å². The standard InChI is InChI=1S/C17H21N5O4/c1-20-15-14(16(24)21(2)17(20)25)22(10-19-15)9-12(23)8-18-11-5-4-6-13(7-11)26-3/h4-7,10,12,18,23H,8-9H2,1-3H3. The normalized spacial score (nSPS) is 12.3. The van der Waals surface area contributed by atoms with Crippen molar-refractivity contribution in [3.05, 3.63) is 51.4 Å². The molecule has 3 aromatic rings. The summed E-state index contributed by atoms with van der Waals surface area (Å²) in [5.41, 5.74) is 0.528. The third-order valence-electron chi connectivity index (χ3n) is 4.24. The van der Waals surface area contributed by atoms with Crippen LogP contribution in [0.5, 0.6) is 5.75 Å². The lowest BCUT2D eigenvalue weighted by Gasteiger charge is -2.14. The Hall–Kier alpha value is -3.07. The molecular formula is C17H21N5O4. The largest absolute Gasteiger partial charge is 0.497 e. The zero-order chi connectivity index (χ0) is 18.8. The molecule has 2 aromatic heterocycles. The van der Waals surface area contributed by atoms with Crippen LogP contribution in [-0.4, -0.2) is 43.6 Å². The lowest BCUT2D eigenvalue weighted by molar-refractivity contribution is 0.168. The van der Waals surface area contributed by atoms with Crippen molar-refractivity contribution < 1.29 is 9.84 Å². The zero-order valence-corrected chi connectivity index (χ0v) is 14.8. The minimum Gasteiger partial charge on any atom is -0.497 e. The molecule has 0 aliphatic carbocycles. The first-order valence-electron chi connectivity index (χ1n) is 8.09. The zero-order valence-electron chi connectivity index (χ0n) is 14.8. The first-order valence-corrected chi connectivity index (χ1v) is 8.09. The van der Waals surface area contributed by atoms with Gasteiger partial charge in [-0.3, -0.25) is 13.9 Å². The quantitative estimate of drug-likeness (QED) is 0.638. The average molecular weight is 359 g/mol. The number of fused-ring (bicyclic) bond motifs is 1. The van der Waals surface area contributed by atoms with Crippen LogP contribution in [0.1, 0.15) is 0 Å². The number of aromatic nitrogens is 4. The summed E-state index contributed by atoms with van der Waals surface area (Å²) >= 11 is 0. The molecule has 0 amide bonds. The highest BCUT2D eigenvalue weighted by molar-refractivity contribution is 5.69. The van der Waals surface area contributed by atoms with E-state index >= 15 is 0 Å². The Balaban J connectivity index is 1.78. The van der Waals surface area contributed by atoms with Crippen LogP contribution in [0.3, 0.4) is 0 Å². The van der Waals surface area contributed by atoms with E-state index in [1.54, 1.807) is 18.7 Å². The van der Waals surface area contributed by atoms with Crippen molar-refractivity contribution in [3.8, 4) is 5.75 Å². The first kappa shape index (κ1) is 17.7. The molecule has 9 nitrogen and oxygen atoms in total. The number of hydrogen-bond donors (Lipinski definition) is 2. The van der Waals surface area contributed by atoms with Crippen molar-refractivity contribution in [1.82, 2.24) is 18.7 Å². The van der Waals surface area contributed by atoms with Crippen LogP contribution < -0.4 is 21.3 Å². The molecule has 2 heterocycles. The maximum absolute atomic E-state index is 12.4. The molecule has 0 saturated heterocycles. The summed E-state index contributed by atoms with van der Waals surface area (Å²) in [6, 6.07) is 7.37. The molecule has 1 aromatic carbocycles. The lowest BCUT2D eigenvalue weighted by Crippen LogP contribution is -2.38. The number of aryl methyl sites for hydroxylation is 1. The summed E-state index contributed by atoms with van der Waals surface area (Å²) in [5.74, 6) is 0.717. The Bertz CT molecular complexity index is 1050. The molecule has 2 N–H and O–H groups in total. The van der Waals surface area contributed by atoms with E-state index in [1.165, 1.54) is 17.9 Å². The molecule has 0 bridgehead atoms. The fraction of sp³-hybridized carbons (Fsp3) is 0.353. The van der Waals surface area contributed by atoms with Crippen molar-refractivity contribution in [2.45, 2.75) is 12.6 Å². The summed E-state index contributed by atoms with van der Waals surface area (Å²) in [4.78, 5) is 28.5. The van der Waals surface area contributed by atoms with Gasteiger partial charge in [0.05, 0.1) is 26.1 Å². The number of hydrogen-bond acceptors (Lipinski definition) is 6. The van der Waals surface area contributed by atoms with Crippen LogP contribution in [-0.2, 0) is 20.6 Å². The van der Waals surface area contributed by atoms with E-state index in [0.29, 0.717) is 5.65 Å². The Morgan fingerprint density at radius 2 is 2.04 bits per heavy atom. The number of imidazole rings is 1. The minimum absolute atomic E-state index is 0.168. The van der Waals surface area contributed by atoms with E-state index in [9.17, 15) is 14.7 Å². The Morgan fingerprint density at radius 3 is 2.77 bits per heavy atom. The number of methoxy groups -OCH3 is 1. The van der Waals surface area contributed by atoms with Crippen molar-refractivity contribution >= 4 is 16.9 Å². The van der Waals surface area contributed by atoms with Crippen LogP contribution in [0.15, 0.2) is 40.2 Å². The number of aliphatic hydroxyl groups is 1. The van der Waals surface area contributed by atoms with Gasteiger partial charge in [0.1, 0.15) is 5.75 Å². The minimum atomic E-state index is -0.763. The number of rotatable bonds is 6. The molecule has 0 radical (unpaired) electrons. The second kappa shape index (κ2) is 7.04. The second-order valence-electron chi connectivity index (χ2n) is 6.04. The number of aliphatic hydroxyl groups excluding tert-OH is 1. The molecule has 0 saturated carbocycles. The number of nitrogens with one attached hydrogen (secondary N) is 1. The Morgan fingerprint density at radius 1 is 1.27 bits per heavy atom. The van der Waals surface area contributed by atoms with Crippen LogP contribution in [0.4, 0.5) is 5.69 Å². The molecule has 26 heavy (non-hydrogen) atoms. The van der Waals surface area contributed by atoms with Gasteiger partial charge in [0, 0.05) is 32.4 Å². The molecule has 0 fully saturated rings. The third kappa shape index (κ3) is 3.21. The second-order valence-corrected chi connectivity index (χ2v) is 6.04. The van der Waals surface area contributed by atoms with E-state index in [4.69, 9.17) is 4.74 Å². The molecule has 1 unspecified atom stereocenters.